The van der Waals surface area contributed by atoms with Gasteiger partial charge in [-0.25, -0.2) is 0 Å². The first-order valence-corrected chi connectivity index (χ1v) is 9.04. The van der Waals surface area contributed by atoms with Crippen LogP contribution in [0.4, 0.5) is 5.69 Å². The molecule has 3 rings (SSSR count). The molecule has 0 aromatic heterocycles. The zero-order chi connectivity index (χ0) is 16.8. The van der Waals surface area contributed by atoms with E-state index in [2.05, 4.69) is 17.1 Å². The highest BCUT2D eigenvalue weighted by atomic mass is 16.5. The van der Waals surface area contributed by atoms with Crippen LogP contribution < -0.4 is 10.1 Å². The molecule has 2 heterocycles. The van der Waals surface area contributed by atoms with E-state index in [1.165, 1.54) is 19.5 Å². The summed E-state index contributed by atoms with van der Waals surface area (Å²) in [6, 6.07) is 7.63. The van der Waals surface area contributed by atoms with Crippen LogP contribution in [0, 0.1) is 11.8 Å². The van der Waals surface area contributed by atoms with Gasteiger partial charge in [-0.15, -0.1) is 0 Å². The average Bonchev–Trinajstić information content (AvgIpc) is 3.02. The van der Waals surface area contributed by atoms with Crippen LogP contribution in [0.3, 0.4) is 0 Å². The summed E-state index contributed by atoms with van der Waals surface area (Å²) in [6.07, 6.45) is 3.16. The van der Waals surface area contributed by atoms with E-state index in [9.17, 15) is 4.79 Å². The first-order chi connectivity index (χ1) is 11.7. The van der Waals surface area contributed by atoms with Gasteiger partial charge in [-0.05, 0) is 56.0 Å². The van der Waals surface area contributed by atoms with Gasteiger partial charge in [0.2, 0.25) is 5.91 Å². The van der Waals surface area contributed by atoms with E-state index in [0.717, 1.165) is 43.3 Å². The molecule has 1 aromatic rings. The molecule has 5 nitrogen and oxygen atoms in total. The van der Waals surface area contributed by atoms with E-state index >= 15 is 0 Å². The van der Waals surface area contributed by atoms with Crippen molar-refractivity contribution >= 4 is 11.6 Å². The standard InChI is InChI=1S/C19H28N2O3/c1-15-8-9-21(13-15)10-12-24-18-6-4-17(5-7-18)20-19(22)16-3-2-11-23-14-16/h4-7,15-16H,2-3,8-14H2,1H3,(H,20,22)/t15-,16+/m1/s1. The van der Waals surface area contributed by atoms with Crippen LogP contribution in [0.2, 0.25) is 0 Å². The molecule has 0 saturated carbocycles. The number of nitrogens with one attached hydrogen (secondary N) is 1. The number of benzene rings is 1. The molecule has 0 unspecified atom stereocenters. The Morgan fingerprint density at radius 1 is 1.33 bits per heavy atom. The van der Waals surface area contributed by atoms with Gasteiger partial charge in [0.15, 0.2) is 0 Å². The number of hydrogen-bond donors (Lipinski definition) is 1. The minimum absolute atomic E-state index is 0.0301. The lowest BCUT2D eigenvalue weighted by molar-refractivity contribution is -0.123. The Bertz CT molecular complexity index is 526. The minimum atomic E-state index is -0.0301. The minimum Gasteiger partial charge on any atom is -0.492 e. The number of ether oxygens (including phenoxy) is 2. The number of likely N-dealkylation sites (tertiary alicyclic amines) is 1. The van der Waals surface area contributed by atoms with Gasteiger partial charge in [-0.1, -0.05) is 6.92 Å². The third-order valence-corrected chi connectivity index (χ3v) is 4.84. The fourth-order valence-electron chi connectivity index (χ4n) is 3.35. The van der Waals surface area contributed by atoms with E-state index in [1.54, 1.807) is 0 Å². The number of carbonyl (C=O) groups is 1. The fraction of sp³-hybridized carbons (Fsp3) is 0.632. The molecule has 1 N–H and O–H groups in total. The number of amides is 1. The second-order valence-electron chi connectivity index (χ2n) is 6.97. The van der Waals surface area contributed by atoms with Gasteiger partial charge >= 0.3 is 0 Å². The lowest BCUT2D eigenvalue weighted by atomic mass is 10.0. The number of hydrogen-bond acceptors (Lipinski definition) is 4. The van der Waals surface area contributed by atoms with Crippen LogP contribution in [0.25, 0.3) is 0 Å². The first-order valence-electron chi connectivity index (χ1n) is 9.04. The Kier molecular flexibility index (Phi) is 6.10. The zero-order valence-electron chi connectivity index (χ0n) is 14.5. The maximum atomic E-state index is 12.2. The SMILES string of the molecule is C[C@@H]1CCN(CCOc2ccc(NC(=O)[C@H]3CCCOC3)cc2)C1. The highest BCUT2D eigenvalue weighted by Crippen LogP contribution is 2.20. The molecule has 0 aliphatic carbocycles. The van der Waals surface area contributed by atoms with Crippen LogP contribution in [-0.4, -0.2) is 50.3 Å². The highest BCUT2D eigenvalue weighted by Gasteiger charge is 2.21. The van der Waals surface area contributed by atoms with E-state index in [1.807, 2.05) is 24.3 Å². The maximum absolute atomic E-state index is 12.2. The van der Waals surface area contributed by atoms with Gasteiger partial charge in [0.05, 0.1) is 12.5 Å². The monoisotopic (exact) mass is 332 g/mol. The molecule has 2 saturated heterocycles. The van der Waals surface area contributed by atoms with Crippen molar-refractivity contribution in [2.24, 2.45) is 11.8 Å². The molecular formula is C19H28N2O3. The van der Waals surface area contributed by atoms with Crippen LogP contribution in [0.1, 0.15) is 26.2 Å². The van der Waals surface area contributed by atoms with Crippen molar-refractivity contribution in [1.82, 2.24) is 4.90 Å². The summed E-state index contributed by atoms with van der Waals surface area (Å²) >= 11 is 0. The summed E-state index contributed by atoms with van der Waals surface area (Å²) in [4.78, 5) is 14.6. The van der Waals surface area contributed by atoms with Crippen molar-refractivity contribution in [2.45, 2.75) is 26.2 Å². The third-order valence-electron chi connectivity index (χ3n) is 4.84. The molecule has 1 aromatic carbocycles. The van der Waals surface area contributed by atoms with Crippen molar-refractivity contribution in [3.8, 4) is 5.75 Å². The summed E-state index contributed by atoms with van der Waals surface area (Å²) < 4.78 is 11.2. The van der Waals surface area contributed by atoms with Crippen molar-refractivity contribution in [2.75, 3.05) is 44.8 Å². The summed E-state index contributed by atoms with van der Waals surface area (Å²) in [5, 5.41) is 2.96. The molecule has 2 atom stereocenters. The number of nitrogens with zero attached hydrogens (tertiary/aromatic N) is 1. The van der Waals surface area contributed by atoms with E-state index < -0.39 is 0 Å². The van der Waals surface area contributed by atoms with Crippen molar-refractivity contribution in [3.63, 3.8) is 0 Å². The largest absolute Gasteiger partial charge is 0.492 e. The van der Waals surface area contributed by atoms with E-state index in [4.69, 9.17) is 9.47 Å². The molecule has 2 aliphatic rings. The Hall–Kier alpha value is -1.59. The Morgan fingerprint density at radius 3 is 2.83 bits per heavy atom. The number of rotatable bonds is 6. The van der Waals surface area contributed by atoms with Crippen LogP contribution in [0.5, 0.6) is 5.75 Å². The normalized spacial score (nSPS) is 24.7. The summed E-state index contributed by atoms with van der Waals surface area (Å²) in [5.41, 5.74) is 0.811. The van der Waals surface area contributed by atoms with E-state index in [0.29, 0.717) is 13.2 Å². The molecule has 0 radical (unpaired) electrons. The lowest BCUT2D eigenvalue weighted by Gasteiger charge is -2.21. The summed E-state index contributed by atoms with van der Waals surface area (Å²) in [5.74, 6) is 1.67. The molecule has 2 fully saturated rings. The Labute approximate surface area is 144 Å². The van der Waals surface area contributed by atoms with Crippen molar-refractivity contribution < 1.29 is 14.3 Å². The lowest BCUT2D eigenvalue weighted by Crippen LogP contribution is -2.30. The molecule has 132 valence electrons. The topological polar surface area (TPSA) is 50.8 Å². The molecule has 24 heavy (non-hydrogen) atoms. The first kappa shape index (κ1) is 17.2. The Morgan fingerprint density at radius 2 is 2.17 bits per heavy atom. The smallest absolute Gasteiger partial charge is 0.229 e. The van der Waals surface area contributed by atoms with Crippen molar-refractivity contribution in [3.05, 3.63) is 24.3 Å². The summed E-state index contributed by atoms with van der Waals surface area (Å²) in [6.45, 7) is 7.64. The van der Waals surface area contributed by atoms with Gasteiger partial charge in [-0.3, -0.25) is 9.69 Å². The predicted octanol–water partition coefficient (Wildman–Crippen LogP) is 2.77. The fourth-order valence-corrected chi connectivity index (χ4v) is 3.35. The average molecular weight is 332 g/mol. The van der Waals surface area contributed by atoms with Gasteiger partial charge in [-0.2, -0.15) is 0 Å². The van der Waals surface area contributed by atoms with Crippen molar-refractivity contribution in [1.29, 1.82) is 0 Å². The molecule has 1 amide bonds. The molecule has 0 spiro atoms. The predicted molar refractivity (Wildman–Crippen MR) is 94.3 cm³/mol. The molecule has 0 bridgehead atoms. The van der Waals surface area contributed by atoms with Crippen LogP contribution in [0.15, 0.2) is 24.3 Å². The Balaban J connectivity index is 1.40. The quantitative estimate of drug-likeness (QED) is 0.870. The molecular weight excluding hydrogens is 304 g/mol. The van der Waals surface area contributed by atoms with Crippen LogP contribution >= 0.6 is 0 Å². The number of anilines is 1. The molecule has 5 heteroatoms. The van der Waals surface area contributed by atoms with Gasteiger partial charge in [0.1, 0.15) is 12.4 Å². The molecule has 2 aliphatic heterocycles. The maximum Gasteiger partial charge on any atom is 0.229 e. The van der Waals surface area contributed by atoms with Crippen LogP contribution in [-0.2, 0) is 9.53 Å². The second-order valence-corrected chi connectivity index (χ2v) is 6.97. The second kappa shape index (κ2) is 8.49. The van der Waals surface area contributed by atoms with Gasteiger partial charge in [0.25, 0.3) is 0 Å². The summed E-state index contributed by atoms with van der Waals surface area (Å²) in [7, 11) is 0. The van der Waals surface area contributed by atoms with E-state index in [-0.39, 0.29) is 11.8 Å². The number of carbonyl (C=O) groups excluding carboxylic acids is 1. The van der Waals surface area contributed by atoms with Gasteiger partial charge < -0.3 is 14.8 Å². The third kappa shape index (κ3) is 4.95. The highest BCUT2D eigenvalue weighted by molar-refractivity contribution is 5.92. The zero-order valence-corrected chi connectivity index (χ0v) is 14.5. The van der Waals surface area contributed by atoms with Gasteiger partial charge in [0, 0.05) is 25.4 Å².